The van der Waals surface area contributed by atoms with Crippen LogP contribution in [0.1, 0.15) is 0 Å². The van der Waals surface area contributed by atoms with Crippen molar-refractivity contribution in [3.63, 3.8) is 0 Å². The molecule has 0 aliphatic carbocycles. The van der Waals surface area contributed by atoms with Crippen LogP contribution >= 0.6 is 0 Å². The van der Waals surface area contributed by atoms with E-state index in [1.807, 2.05) is 18.2 Å². The van der Waals surface area contributed by atoms with Crippen LogP contribution in [-0.4, -0.2) is 4.98 Å². The van der Waals surface area contributed by atoms with Crippen molar-refractivity contribution in [3.8, 4) is 0 Å². The lowest BCUT2D eigenvalue weighted by atomic mass is 10.2. The number of furan rings is 1. The molecule has 0 aliphatic rings. The van der Waals surface area contributed by atoms with Gasteiger partial charge in [-0.15, -0.1) is 0 Å². The molecule has 3 rings (SSSR count). The van der Waals surface area contributed by atoms with Gasteiger partial charge in [0.1, 0.15) is 11.4 Å². The van der Waals surface area contributed by atoms with Crippen LogP contribution in [0.15, 0.2) is 28.7 Å². The van der Waals surface area contributed by atoms with E-state index in [1.165, 1.54) is 0 Å². The lowest BCUT2D eigenvalue weighted by molar-refractivity contribution is 0.638. The SMILES string of the molecule is Nc1cc2cc3oc(N)cc3cc2[nH]1. The Morgan fingerprint density at radius 3 is 2.71 bits per heavy atom. The first kappa shape index (κ1) is 7.32. The van der Waals surface area contributed by atoms with Crippen molar-refractivity contribution < 1.29 is 4.42 Å². The molecule has 5 N–H and O–H groups in total. The second-order valence-electron chi connectivity index (χ2n) is 3.35. The molecule has 0 fully saturated rings. The largest absolute Gasteiger partial charge is 0.441 e. The maximum atomic E-state index is 5.64. The van der Waals surface area contributed by atoms with Crippen molar-refractivity contribution in [2.24, 2.45) is 0 Å². The standard InChI is InChI=1S/C10H9N3O/c11-9-3-5-2-8-6(1-7(5)13-9)4-10(12)14-8/h1-4,13H,11-12H2. The first-order chi connectivity index (χ1) is 6.72. The van der Waals surface area contributed by atoms with Gasteiger partial charge in [0, 0.05) is 22.4 Å². The number of fused-ring (bicyclic) bond motifs is 2. The van der Waals surface area contributed by atoms with Crippen LogP contribution in [0.4, 0.5) is 11.7 Å². The lowest BCUT2D eigenvalue weighted by Gasteiger charge is -1.89. The number of hydrogen-bond acceptors (Lipinski definition) is 3. The first-order valence-corrected chi connectivity index (χ1v) is 4.29. The zero-order valence-electron chi connectivity index (χ0n) is 7.37. The van der Waals surface area contributed by atoms with Crippen molar-refractivity contribution in [3.05, 3.63) is 24.3 Å². The van der Waals surface area contributed by atoms with E-state index >= 15 is 0 Å². The third-order valence-electron chi connectivity index (χ3n) is 2.30. The second kappa shape index (κ2) is 2.23. The molecule has 2 aromatic heterocycles. The summed E-state index contributed by atoms with van der Waals surface area (Å²) in [4.78, 5) is 3.06. The number of hydrogen-bond donors (Lipinski definition) is 3. The summed E-state index contributed by atoms with van der Waals surface area (Å²) in [5.74, 6) is 1.08. The van der Waals surface area contributed by atoms with Crippen molar-refractivity contribution >= 4 is 33.6 Å². The summed E-state index contributed by atoms with van der Waals surface area (Å²) in [5, 5.41) is 2.02. The van der Waals surface area contributed by atoms with Crippen LogP contribution in [0.3, 0.4) is 0 Å². The van der Waals surface area contributed by atoms with Gasteiger partial charge >= 0.3 is 0 Å². The van der Waals surface area contributed by atoms with Crippen molar-refractivity contribution in [1.29, 1.82) is 0 Å². The van der Waals surface area contributed by atoms with Gasteiger partial charge in [-0.05, 0) is 18.2 Å². The van der Waals surface area contributed by atoms with Crippen molar-refractivity contribution in [1.82, 2.24) is 4.98 Å². The van der Waals surface area contributed by atoms with Crippen LogP contribution in [0.25, 0.3) is 21.9 Å². The topological polar surface area (TPSA) is 81.0 Å². The normalized spacial score (nSPS) is 11.4. The summed E-state index contributed by atoms with van der Waals surface area (Å²) in [6, 6.07) is 7.56. The highest BCUT2D eigenvalue weighted by atomic mass is 16.3. The summed E-state index contributed by atoms with van der Waals surface area (Å²) in [6.45, 7) is 0. The molecule has 0 amide bonds. The van der Waals surface area contributed by atoms with Crippen LogP contribution in [-0.2, 0) is 0 Å². The molecule has 0 aliphatic heterocycles. The number of nitrogen functional groups attached to an aromatic ring is 2. The Balaban J connectivity index is 2.49. The number of aromatic amines is 1. The quantitative estimate of drug-likeness (QED) is 0.504. The molecular formula is C10H9N3O. The predicted octanol–water partition coefficient (Wildman–Crippen LogP) is 2.08. The minimum atomic E-state index is 0.431. The summed E-state index contributed by atoms with van der Waals surface area (Å²) in [7, 11) is 0. The summed E-state index contributed by atoms with van der Waals surface area (Å²) < 4.78 is 5.31. The highest BCUT2D eigenvalue weighted by Crippen LogP contribution is 2.27. The van der Waals surface area contributed by atoms with Crippen LogP contribution in [0, 0.1) is 0 Å². The van der Waals surface area contributed by atoms with E-state index < -0.39 is 0 Å². The summed E-state index contributed by atoms with van der Waals surface area (Å²) >= 11 is 0. The highest BCUT2D eigenvalue weighted by Gasteiger charge is 2.04. The van der Waals surface area contributed by atoms with Gasteiger partial charge in [0.2, 0.25) is 0 Å². The maximum Gasteiger partial charge on any atom is 0.191 e. The highest BCUT2D eigenvalue weighted by molar-refractivity contribution is 5.96. The van der Waals surface area contributed by atoms with Gasteiger partial charge in [-0.2, -0.15) is 0 Å². The van der Waals surface area contributed by atoms with E-state index in [0.717, 1.165) is 21.9 Å². The van der Waals surface area contributed by atoms with Crippen molar-refractivity contribution in [2.75, 3.05) is 11.5 Å². The maximum absolute atomic E-state index is 5.64. The van der Waals surface area contributed by atoms with E-state index in [1.54, 1.807) is 6.07 Å². The molecule has 14 heavy (non-hydrogen) atoms. The van der Waals surface area contributed by atoms with Gasteiger partial charge in [0.25, 0.3) is 0 Å². The number of benzene rings is 1. The number of aromatic nitrogens is 1. The first-order valence-electron chi connectivity index (χ1n) is 4.29. The zero-order valence-corrected chi connectivity index (χ0v) is 7.37. The molecule has 4 heteroatoms. The lowest BCUT2D eigenvalue weighted by Crippen LogP contribution is -1.80. The fourth-order valence-corrected chi connectivity index (χ4v) is 1.71. The Labute approximate surface area is 79.5 Å². The molecule has 0 radical (unpaired) electrons. The second-order valence-corrected chi connectivity index (χ2v) is 3.35. The van der Waals surface area contributed by atoms with Crippen LogP contribution < -0.4 is 11.5 Å². The van der Waals surface area contributed by atoms with E-state index in [9.17, 15) is 0 Å². The Morgan fingerprint density at radius 2 is 1.86 bits per heavy atom. The Hall–Kier alpha value is -2.10. The summed E-state index contributed by atoms with van der Waals surface area (Å²) in [6.07, 6.45) is 0. The van der Waals surface area contributed by atoms with E-state index in [4.69, 9.17) is 15.9 Å². The third kappa shape index (κ3) is 0.877. The molecule has 2 heterocycles. The predicted molar refractivity (Wildman–Crippen MR) is 56.9 cm³/mol. The molecule has 0 unspecified atom stereocenters. The van der Waals surface area contributed by atoms with Gasteiger partial charge in [-0.3, -0.25) is 0 Å². The molecule has 4 nitrogen and oxygen atoms in total. The minimum Gasteiger partial charge on any atom is -0.441 e. The summed E-state index contributed by atoms with van der Waals surface area (Å²) in [5.41, 5.74) is 13.0. The van der Waals surface area contributed by atoms with Gasteiger partial charge in [-0.25, -0.2) is 0 Å². The van der Waals surface area contributed by atoms with Gasteiger partial charge < -0.3 is 20.9 Å². The molecule has 0 bridgehead atoms. The molecule has 70 valence electrons. The molecular weight excluding hydrogens is 178 g/mol. The van der Waals surface area contributed by atoms with E-state index in [2.05, 4.69) is 4.98 Å². The van der Waals surface area contributed by atoms with Gasteiger partial charge in [-0.1, -0.05) is 0 Å². The fraction of sp³-hybridized carbons (Fsp3) is 0. The van der Waals surface area contributed by atoms with Crippen molar-refractivity contribution in [2.45, 2.75) is 0 Å². The Kier molecular flexibility index (Phi) is 1.16. The monoisotopic (exact) mass is 187 g/mol. The Morgan fingerprint density at radius 1 is 1.00 bits per heavy atom. The number of anilines is 2. The van der Waals surface area contributed by atoms with Crippen LogP contribution in [0.2, 0.25) is 0 Å². The van der Waals surface area contributed by atoms with Crippen LogP contribution in [0.5, 0.6) is 0 Å². The van der Waals surface area contributed by atoms with E-state index in [0.29, 0.717) is 11.7 Å². The molecule has 1 aromatic carbocycles. The minimum absolute atomic E-state index is 0.431. The molecule has 0 spiro atoms. The van der Waals surface area contributed by atoms with E-state index in [-0.39, 0.29) is 0 Å². The number of nitrogens with one attached hydrogen (secondary N) is 1. The molecule has 0 saturated carbocycles. The zero-order chi connectivity index (χ0) is 9.71. The molecule has 0 saturated heterocycles. The number of H-pyrrole nitrogens is 1. The third-order valence-corrected chi connectivity index (χ3v) is 2.30. The number of rotatable bonds is 0. The fourth-order valence-electron chi connectivity index (χ4n) is 1.71. The average molecular weight is 187 g/mol. The van der Waals surface area contributed by atoms with Gasteiger partial charge in [0.15, 0.2) is 5.88 Å². The van der Waals surface area contributed by atoms with Gasteiger partial charge in [0.05, 0.1) is 0 Å². The molecule has 3 aromatic rings. The average Bonchev–Trinajstić information content (AvgIpc) is 2.59. The molecule has 0 atom stereocenters. The number of nitrogens with two attached hydrogens (primary N) is 2. The Bertz CT molecular complexity index is 518. The smallest absolute Gasteiger partial charge is 0.191 e.